The number of hydrogen-bond donors (Lipinski definition) is 2. The van der Waals surface area contributed by atoms with Crippen LogP contribution in [0.5, 0.6) is 11.5 Å². The van der Waals surface area contributed by atoms with Crippen LogP contribution in [0.1, 0.15) is 11.1 Å². The summed E-state index contributed by atoms with van der Waals surface area (Å²) in [7, 11) is 1.38. The smallest absolute Gasteiger partial charge is 0.335 e. The topological polar surface area (TPSA) is 114 Å². The number of nitrogens with zero attached hydrogens (tertiary/aromatic N) is 1. The molecule has 1 aliphatic heterocycles. The van der Waals surface area contributed by atoms with Gasteiger partial charge in [0.05, 0.1) is 17.8 Å². The maximum absolute atomic E-state index is 13.1. The minimum absolute atomic E-state index is 0.0874. The van der Waals surface area contributed by atoms with Crippen LogP contribution in [0.4, 0.5) is 16.2 Å². The molecule has 0 saturated carbocycles. The van der Waals surface area contributed by atoms with Gasteiger partial charge >= 0.3 is 6.03 Å². The van der Waals surface area contributed by atoms with Gasteiger partial charge < -0.3 is 14.8 Å². The van der Waals surface area contributed by atoms with Gasteiger partial charge in [0.2, 0.25) is 0 Å². The number of hydrogen-bond acceptors (Lipinski definition) is 6. The molecule has 0 unspecified atom stereocenters. The predicted molar refractivity (Wildman–Crippen MR) is 146 cm³/mol. The normalized spacial score (nSPS) is 14.4. The molecule has 2 N–H and O–H groups in total. The molecule has 11 heteroatoms. The first kappa shape index (κ1) is 26.9. The first-order valence-corrected chi connectivity index (χ1v) is 12.4. The molecule has 38 heavy (non-hydrogen) atoms. The van der Waals surface area contributed by atoms with Crippen LogP contribution in [0.25, 0.3) is 6.08 Å². The lowest BCUT2D eigenvalue weighted by Gasteiger charge is -2.26. The van der Waals surface area contributed by atoms with Gasteiger partial charge in [0.25, 0.3) is 17.7 Å². The minimum atomic E-state index is -0.859. The number of rotatable bonds is 7. The van der Waals surface area contributed by atoms with E-state index in [1.54, 1.807) is 30.3 Å². The number of imide groups is 2. The van der Waals surface area contributed by atoms with Crippen LogP contribution in [-0.4, -0.2) is 37.5 Å². The van der Waals surface area contributed by atoms with E-state index in [2.05, 4.69) is 26.6 Å². The van der Waals surface area contributed by atoms with Gasteiger partial charge in [0.1, 0.15) is 5.57 Å². The number of halogens is 2. The van der Waals surface area contributed by atoms with Crippen molar-refractivity contribution in [3.05, 3.63) is 86.9 Å². The summed E-state index contributed by atoms with van der Waals surface area (Å²) in [5, 5.41) is 5.02. The van der Waals surface area contributed by atoms with Crippen molar-refractivity contribution in [2.24, 2.45) is 0 Å². The zero-order valence-electron chi connectivity index (χ0n) is 20.2. The highest BCUT2D eigenvalue weighted by Crippen LogP contribution is 2.37. The maximum Gasteiger partial charge on any atom is 0.335 e. The van der Waals surface area contributed by atoms with Crippen molar-refractivity contribution in [2.75, 3.05) is 23.9 Å². The summed E-state index contributed by atoms with van der Waals surface area (Å²) in [6.07, 6.45) is 1.29. The fraction of sp³-hybridized carbons (Fsp3) is 0.111. The van der Waals surface area contributed by atoms with E-state index in [1.807, 2.05) is 25.1 Å². The zero-order valence-corrected chi connectivity index (χ0v) is 22.6. The van der Waals surface area contributed by atoms with Crippen LogP contribution in [-0.2, 0) is 14.4 Å². The van der Waals surface area contributed by atoms with E-state index in [4.69, 9.17) is 21.1 Å². The molecule has 5 amide bonds. The Kier molecular flexibility index (Phi) is 8.13. The second kappa shape index (κ2) is 11.5. The van der Waals surface area contributed by atoms with E-state index >= 15 is 0 Å². The SMILES string of the molecule is COc1cc(/C=C2\C(=O)NC(=O)N(c3ccc(Br)cc3)C2=O)cc(Cl)c1OCC(=O)Nc1ccccc1C. The Morgan fingerprint density at radius 3 is 2.50 bits per heavy atom. The quantitative estimate of drug-likeness (QED) is 0.289. The molecule has 1 fully saturated rings. The third-order valence-electron chi connectivity index (χ3n) is 5.52. The molecule has 3 aromatic rings. The Bertz CT molecular complexity index is 1470. The lowest BCUT2D eigenvalue weighted by atomic mass is 10.1. The van der Waals surface area contributed by atoms with Crippen LogP contribution in [0, 0.1) is 6.92 Å². The summed E-state index contributed by atoms with van der Waals surface area (Å²) in [6.45, 7) is 1.53. The van der Waals surface area contributed by atoms with Gasteiger partial charge in [0, 0.05) is 10.2 Å². The molecule has 1 saturated heterocycles. The van der Waals surface area contributed by atoms with Crippen molar-refractivity contribution in [1.82, 2.24) is 5.32 Å². The highest BCUT2D eigenvalue weighted by atomic mass is 79.9. The van der Waals surface area contributed by atoms with Crippen LogP contribution < -0.4 is 25.0 Å². The average molecular weight is 599 g/mol. The van der Waals surface area contributed by atoms with Crippen LogP contribution in [0.3, 0.4) is 0 Å². The zero-order chi connectivity index (χ0) is 27.4. The standard InChI is InChI=1S/C27H21BrClN3O6/c1-15-5-3-4-6-21(15)30-23(33)14-38-24-20(29)12-16(13-22(24)37-2)11-19-25(34)31-27(36)32(26(19)35)18-9-7-17(28)8-10-18/h3-13H,14H2,1-2H3,(H,30,33)(H,31,34,36)/b19-11+. The number of urea groups is 1. The second-order valence-electron chi connectivity index (χ2n) is 8.12. The number of benzene rings is 3. The maximum atomic E-state index is 13.1. The first-order chi connectivity index (χ1) is 18.2. The summed E-state index contributed by atoms with van der Waals surface area (Å²) >= 11 is 9.72. The van der Waals surface area contributed by atoms with Crippen LogP contribution in [0.15, 0.2) is 70.7 Å². The number of anilines is 2. The molecule has 1 aliphatic rings. The first-order valence-electron chi connectivity index (χ1n) is 11.2. The van der Waals surface area contributed by atoms with Crippen molar-refractivity contribution in [3.8, 4) is 11.5 Å². The lowest BCUT2D eigenvalue weighted by Crippen LogP contribution is -2.54. The molecule has 4 rings (SSSR count). The molecular formula is C27H21BrClN3O6. The Labute approximate surface area is 231 Å². The monoisotopic (exact) mass is 597 g/mol. The van der Waals surface area contributed by atoms with Gasteiger partial charge in [-0.15, -0.1) is 0 Å². The third kappa shape index (κ3) is 5.87. The highest BCUT2D eigenvalue weighted by molar-refractivity contribution is 9.10. The number of ether oxygens (including phenoxy) is 2. The van der Waals surface area contributed by atoms with Crippen molar-refractivity contribution >= 4 is 68.7 Å². The molecule has 9 nitrogen and oxygen atoms in total. The van der Waals surface area contributed by atoms with Crippen molar-refractivity contribution in [3.63, 3.8) is 0 Å². The molecular weight excluding hydrogens is 578 g/mol. The Morgan fingerprint density at radius 2 is 1.82 bits per heavy atom. The Morgan fingerprint density at radius 1 is 1.11 bits per heavy atom. The number of amides is 5. The highest BCUT2D eigenvalue weighted by Gasteiger charge is 2.36. The minimum Gasteiger partial charge on any atom is -0.493 e. The number of barbiturate groups is 1. The molecule has 0 aromatic heterocycles. The third-order valence-corrected chi connectivity index (χ3v) is 6.33. The van der Waals surface area contributed by atoms with E-state index in [0.29, 0.717) is 11.3 Å². The number of methoxy groups -OCH3 is 1. The second-order valence-corrected chi connectivity index (χ2v) is 9.44. The van der Waals surface area contributed by atoms with Crippen molar-refractivity contribution in [2.45, 2.75) is 6.92 Å². The molecule has 1 heterocycles. The van der Waals surface area contributed by atoms with Crippen LogP contribution in [0.2, 0.25) is 5.02 Å². The molecule has 3 aromatic carbocycles. The van der Waals surface area contributed by atoms with E-state index in [0.717, 1.165) is 14.9 Å². The molecule has 0 radical (unpaired) electrons. The molecule has 194 valence electrons. The fourth-order valence-electron chi connectivity index (χ4n) is 3.65. The van der Waals surface area contributed by atoms with Crippen molar-refractivity contribution < 1.29 is 28.7 Å². The van der Waals surface area contributed by atoms with Gasteiger partial charge in [-0.25, -0.2) is 9.69 Å². The average Bonchev–Trinajstić information content (AvgIpc) is 2.88. The number of aryl methyl sites for hydroxylation is 1. The Balaban J connectivity index is 1.56. The molecule has 0 spiro atoms. The number of carbonyl (C=O) groups excluding carboxylic acids is 4. The number of nitrogens with one attached hydrogen (secondary N) is 2. The fourth-order valence-corrected chi connectivity index (χ4v) is 4.19. The summed E-state index contributed by atoms with van der Waals surface area (Å²) < 4.78 is 11.8. The summed E-state index contributed by atoms with van der Waals surface area (Å²) in [5.41, 5.74) is 1.91. The van der Waals surface area contributed by atoms with Crippen molar-refractivity contribution in [1.29, 1.82) is 0 Å². The largest absolute Gasteiger partial charge is 0.493 e. The van der Waals surface area contributed by atoms with E-state index < -0.39 is 23.8 Å². The molecule has 0 aliphatic carbocycles. The van der Waals surface area contributed by atoms with E-state index in [1.165, 1.54) is 25.3 Å². The molecule has 0 bridgehead atoms. The van der Waals surface area contributed by atoms with Gasteiger partial charge in [0.15, 0.2) is 18.1 Å². The summed E-state index contributed by atoms with van der Waals surface area (Å²) in [5.74, 6) is -1.76. The summed E-state index contributed by atoms with van der Waals surface area (Å²) in [4.78, 5) is 51.3. The van der Waals surface area contributed by atoms with Gasteiger partial charge in [-0.1, -0.05) is 45.7 Å². The number of para-hydroxylation sites is 1. The number of carbonyl (C=O) groups is 4. The van der Waals surface area contributed by atoms with E-state index in [9.17, 15) is 19.2 Å². The summed E-state index contributed by atoms with van der Waals surface area (Å²) in [6, 6.07) is 15.9. The predicted octanol–water partition coefficient (Wildman–Crippen LogP) is 5.10. The lowest BCUT2D eigenvalue weighted by molar-refractivity contribution is -0.122. The Hall–Kier alpha value is -4.15. The van der Waals surface area contributed by atoms with Gasteiger partial charge in [-0.2, -0.15) is 0 Å². The van der Waals surface area contributed by atoms with Gasteiger partial charge in [-0.3, -0.25) is 19.7 Å². The van der Waals surface area contributed by atoms with E-state index in [-0.39, 0.29) is 34.4 Å². The van der Waals surface area contributed by atoms with Crippen LogP contribution >= 0.6 is 27.5 Å². The molecule has 0 atom stereocenters. The van der Waals surface area contributed by atoms with Gasteiger partial charge in [-0.05, 0) is 66.6 Å².